The summed E-state index contributed by atoms with van der Waals surface area (Å²) in [5, 5.41) is 14.9. The zero-order valence-corrected chi connectivity index (χ0v) is 32.2. The molecule has 13 aromatic rings. The highest BCUT2D eigenvalue weighted by molar-refractivity contribution is 6.26. The van der Waals surface area contributed by atoms with Crippen LogP contribution in [-0.2, 0) is 0 Å². The van der Waals surface area contributed by atoms with E-state index in [-0.39, 0.29) is 0 Å². The quantitative estimate of drug-likeness (QED) is 0.130. The predicted molar refractivity (Wildman–Crippen MR) is 252 cm³/mol. The van der Waals surface area contributed by atoms with Gasteiger partial charge in [-0.05, 0) is 116 Å². The van der Waals surface area contributed by atoms with Gasteiger partial charge in [-0.25, -0.2) is 0 Å². The number of furan rings is 1. The third kappa shape index (κ3) is 4.82. The van der Waals surface area contributed by atoms with E-state index in [0.29, 0.717) is 0 Å². The first-order valence-corrected chi connectivity index (χ1v) is 20.1. The van der Waals surface area contributed by atoms with E-state index in [1.165, 1.54) is 81.5 Å². The molecule has 0 aliphatic heterocycles. The van der Waals surface area contributed by atoms with Crippen molar-refractivity contribution >= 4 is 97.9 Å². The molecule has 0 amide bonds. The summed E-state index contributed by atoms with van der Waals surface area (Å²) in [5.74, 6) is 0. The Balaban J connectivity index is 0.00000186. The lowest BCUT2D eigenvalue weighted by Gasteiger charge is -2.14. The maximum absolute atomic E-state index is 6.44. The van der Waals surface area contributed by atoms with Gasteiger partial charge in [0.15, 0.2) is 0 Å². The van der Waals surface area contributed by atoms with Gasteiger partial charge in [-0.2, -0.15) is 0 Å². The Bertz CT molecular complexity index is 3750. The number of fused-ring (bicyclic) bond motifs is 15. The predicted octanol–water partition coefficient (Wildman–Crippen LogP) is 15.7. The Morgan fingerprint density at radius 1 is 0.271 bits per heavy atom. The van der Waals surface area contributed by atoms with E-state index in [4.69, 9.17) is 4.42 Å². The third-order valence-electron chi connectivity index (χ3n) is 12.3. The Hall–Kier alpha value is -7.88. The molecule has 0 atom stereocenters. The summed E-state index contributed by atoms with van der Waals surface area (Å²) in [4.78, 5) is 0. The molecule has 3 heterocycles. The highest BCUT2D eigenvalue weighted by Gasteiger charge is 2.18. The smallest absolute Gasteiger partial charge is 0.135 e. The molecule has 0 spiro atoms. The van der Waals surface area contributed by atoms with Crippen molar-refractivity contribution in [2.75, 3.05) is 0 Å². The number of benzene rings is 10. The molecule has 59 heavy (non-hydrogen) atoms. The minimum atomic E-state index is 0.890. The molecular weight excluding hydrogens is 717 g/mol. The molecular formula is C56H36N2O. The fourth-order valence-electron chi connectivity index (χ4n) is 9.75. The Morgan fingerprint density at radius 2 is 0.627 bits per heavy atom. The van der Waals surface area contributed by atoms with Crippen LogP contribution in [0.25, 0.3) is 120 Å². The molecule has 0 bridgehead atoms. The van der Waals surface area contributed by atoms with Crippen LogP contribution in [0.2, 0.25) is 0 Å². The number of hydrogen-bond donors (Lipinski definition) is 0. The van der Waals surface area contributed by atoms with E-state index >= 15 is 0 Å². The molecule has 13 rings (SSSR count). The van der Waals surface area contributed by atoms with Crippen LogP contribution in [0.3, 0.4) is 0 Å². The van der Waals surface area contributed by atoms with Crippen LogP contribution < -0.4 is 0 Å². The summed E-state index contributed by atoms with van der Waals surface area (Å²) in [7, 11) is 0. The first kappa shape index (κ1) is 33.3. The molecule has 0 aliphatic carbocycles. The molecule has 0 N–H and O–H groups in total. The first-order valence-electron chi connectivity index (χ1n) is 20.1. The summed E-state index contributed by atoms with van der Waals surface area (Å²) in [6.45, 7) is 6.00. The second-order valence-corrected chi connectivity index (χ2v) is 15.3. The lowest BCUT2D eigenvalue weighted by atomic mass is 9.94. The van der Waals surface area contributed by atoms with Gasteiger partial charge in [0.25, 0.3) is 0 Å². The molecule has 0 saturated carbocycles. The normalized spacial score (nSPS) is 11.9. The van der Waals surface area contributed by atoms with Crippen LogP contribution in [0.15, 0.2) is 212 Å². The zero-order valence-electron chi connectivity index (χ0n) is 32.2. The van der Waals surface area contributed by atoms with E-state index < -0.39 is 0 Å². The van der Waals surface area contributed by atoms with Crippen molar-refractivity contribution in [3.63, 3.8) is 0 Å². The van der Waals surface area contributed by atoms with Gasteiger partial charge in [0.2, 0.25) is 0 Å². The van der Waals surface area contributed by atoms with Gasteiger partial charge in [-0.1, -0.05) is 121 Å². The maximum atomic E-state index is 6.44. The van der Waals surface area contributed by atoms with Crippen LogP contribution in [0.1, 0.15) is 0 Å². The number of para-hydroxylation sites is 3. The van der Waals surface area contributed by atoms with Crippen molar-refractivity contribution in [1.29, 1.82) is 0 Å². The van der Waals surface area contributed by atoms with Gasteiger partial charge in [-0.15, -0.1) is 13.2 Å². The highest BCUT2D eigenvalue weighted by Crippen LogP contribution is 2.41. The molecule has 10 aromatic carbocycles. The lowest BCUT2D eigenvalue weighted by molar-refractivity contribution is 0.669. The molecule has 0 aliphatic rings. The van der Waals surface area contributed by atoms with Crippen molar-refractivity contribution < 1.29 is 4.42 Å². The number of aromatic nitrogens is 2. The standard InChI is InChI=1S/C54H32N2O.C2H4/c1-2-13-39-37(11-1)38-12-3-4-14-40(38)45-31-35(23-25-41(39)45)56-51-20-10-7-17-44(51)46-29-33(21-26-52(46)56)34-22-27-53-47(30-34)48-32-36(24-28-54(48)57-53)55-49-18-8-5-15-42(49)43-16-6-9-19-50(43)55;1-2/h1-32H;1-2H2. The van der Waals surface area contributed by atoms with Crippen LogP contribution in [0, 0.1) is 0 Å². The van der Waals surface area contributed by atoms with Crippen LogP contribution in [0.4, 0.5) is 0 Å². The maximum Gasteiger partial charge on any atom is 0.135 e. The Morgan fingerprint density at radius 3 is 1.19 bits per heavy atom. The third-order valence-corrected chi connectivity index (χ3v) is 12.3. The molecule has 0 fully saturated rings. The van der Waals surface area contributed by atoms with Crippen molar-refractivity contribution in [2.45, 2.75) is 0 Å². The van der Waals surface area contributed by atoms with E-state index in [9.17, 15) is 0 Å². The minimum Gasteiger partial charge on any atom is -0.456 e. The molecule has 3 aromatic heterocycles. The monoisotopic (exact) mass is 752 g/mol. The zero-order chi connectivity index (χ0) is 39.2. The largest absolute Gasteiger partial charge is 0.456 e. The summed E-state index contributed by atoms with van der Waals surface area (Å²) in [5.41, 5.74) is 11.2. The summed E-state index contributed by atoms with van der Waals surface area (Å²) in [6, 6.07) is 70.8. The fourth-order valence-corrected chi connectivity index (χ4v) is 9.75. The van der Waals surface area contributed by atoms with E-state index in [1.54, 1.807) is 0 Å². The Kier molecular flexibility index (Phi) is 7.23. The van der Waals surface area contributed by atoms with Crippen molar-refractivity contribution in [3.8, 4) is 22.5 Å². The van der Waals surface area contributed by atoms with Crippen LogP contribution in [-0.4, -0.2) is 9.13 Å². The van der Waals surface area contributed by atoms with E-state index in [0.717, 1.165) is 38.9 Å². The SMILES string of the molecule is C=C.c1ccc2c(c1)c1ccccc1c1cc(-n3c4ccccc4c4cc(-c5ccc6oc7ccc(-n8c9ccccc9c9ccccc98)cc7c6c5)ccc43)ccc21. The van der Waals surface area contributed by atoms with Gasteiger partial charge in [-0.3, -0.25) is 0 Å². The molecule has 276 valence electrons. The second-order valence-electron chi connectivity index (χ2n) is 15.3. The van der Waals surface area contributed by atoms with Gasteiger partial charge in [0, 0.05) is 43.7 Å². The average molecular weight is 753 g/mol. The number of hydrogen-bond acceptors (Lipinski definition) is 1. The lowest BCUT2D eigenvalue weighted by Crippen LogP contribution is -1.94. The molecule has 0 saturated heterocycles. The summed E-state index contributed by atoms with van der Waals surface area (Å²) < 4.78 is 11.2. The molecule has 3 nitrogen and oxygen atoms in total. The highest BCUT2D eigenvalue weighted by atomic mass is 16.3. The molecule has 0 radical (unpaired) electrons. The Labute approximate surface area is 339 Å². The average Bonchev–Trinajstić information content (AvgIpc) is 3.96. The van der Waals surface area contributed by atoms with Gasteiger partial charge >= 0.3 is 0 Å². The van der Waals surface area contributed by atoms with Crippen LogP contribution in [0.5, 0.6) is 0 Å². The summed E-state index contributed by atoms with van der Waals surface area (Å²) >= 11 is 0. The van der Waals surface area contributed by atoms with Crippen molar-refractivity contribution in [1.82, 2.24) is 9.13 Å². The number of nitrogens with zero attached hydrogens (tertiary/aromatic N) is 2. The van der Waals surface area contributed by atoms with Gasteiger partial charge in [0.1, 0.15) is 11.2 Å². The van der Waals surface area contributed by atoms with E-state index in [2.05, 4.69) is 216 Å². The van der Waals surface area contributed by atoms with Crippen LogP contribution >= 0.6 is 0 Å². The van der Waals surface area contributed by atoms with E-state index in [1.807, 2.05) is 0 Å². The topological polar surface area (TPSA) is 23.0 Å². The molecule has 0 unspecified atom stereocenters. The first-order chi connectivity index (χ1) is 29.3. The minimum absolute atomic E-state index is 0.890. The fraction of sp³-hybridized carbons (Fsp3) is 0. The van der Waals surface area contributed by atoms with Gasteiger partial charge in [0.05, 0.1) is 22.1 Å². The van der Waals surface area contributed by atoms with Crippen molar-refractivity contribution in [2.24, 2.45) is 0 Å². The van der Waals surface area contributed by atoms with Crippen molar-refractivity contribution in [3.05, 3.63) is 207 Å². The number of rotatable bonds is 3. The summed E-state index contributed by atoms with van der Waals surface area (Å²) in [6.07, 6.45) is 0. The second kappa shape index (κ2) is 12.8. The molecule has 3 heteroatoms. The van der Waals surface area contributed by atoms with Gasteiger partial charge < -0.3 is 13.6 Å².